The molecule has 134 valence electrons. The van der Waals surface area contributed by atoms with Crippen molar-refractivity contribution in [3.05, 3.63) is 68.7 Å². The van der Waals surface area contributed by atoms with Gasteiger partial charge in [-0.15, -0.1) is 0 Å². The minimum atomic E-state index is -1.06. The van der Waals surface area contributed by atoms with Gasteiger partial charge in [-0.1, -0.05) is 11.6 Å². The highest BCUT2D eigenvalue weighted by molar-refractivity contribution is 6.32. The summed E-state index contributed by atoms with van der Waals surface area (Å²) in [6.07, 6.45) is -0.373. The first-order chi connectivity index (χ1) is 12.3. The SMILES string of the molecule is O=C(O)CCC(=O)c1ccc(NC(=O)c2ccc(Cl)c([N+](=O)[O-])c2)cc1. The first-order valence-corrected chi connectivity index (χ1v) is 7.76. The van der Waals surface area contributed by atoms with Crippen LogP contribution in [-0.2, 0) is 4.79 Å². The number of rotatable bonds is 7. The summed E-state index contributed by atoms with van der Waals surface area (Å²) in [5.41, 5.74) is 0.384. The minimum absolute atomic E-state index is 0.0581. The molecule has 2 aromatic rings. The van der Waals surface area contributed by atoms with Gasteiger partial charge in [0.1, 0.15) is 5.02 Å². The topological polar surface area (TPSA) is 127 Å². The van der Waals surface area contributed by atoms with Gasteiger partial charge in [0.15, 0.2) is 5.78 Å². The van der Waals surface area contributed by atoms with Crippen LogP contribution in [0.4, 0.5) is 11.4 Å². The number of benzene rings is 2. The molecule has 0 bridgehead atoms. The molecule has 0 aromatic heterocycles. The van der Waals surface area contributed by atoms with E-state index in [-0.39, 0.29) is 34.9 Å². The van der Waals surface area contributed by atoms with Crippen molar-refractivity contribution in [2.45, 2.75) is 12.8 Å². The molecule has 0 saturated heterocycles. The van der Waals surface area contributed by atoms with Crippen LogP contribution in [0, 0.1) is 10.1 Å². The van der Waals surface area contributed by atoms with Crippen LogP contribution >= 0.6 is 11.6 Å². The molecule has 8 nitrogen and oxygen atoms in total. The molecule has 0 heterocycles. The quantitative estimate of drug-likeness (QED) is 0.432. The number of nitrogens with zero attached hydrogens (tertiary/aromatic N) is 1. The van der Waals surface area contributed by atoms with E-state index in [1.54, 1.807) is 0 Å². The molecule has 0 aliphatic carbocycles. The van der Waals surface area contributed by atoms with E-state index in [1.807, 2.05) is 0 Å². The number of aliphatic carboxylic acids is 1. The Bertz CT molecular complexity index is 879. The number of nitro groups is 1. The molecule has 0 fully saturated rings. The minimum Gasteiger partial charge on any atom is -0.481 e. The fraction of sp³-hybridized carbons (Fsp3) is 0.118. The number of hydrogen-bond acceptors (Lipinski definition) is 5. The molecule has 2 rings (SSSR count). The summed E-state index contributed by atoms with van der Waals surface area (Å²) in [5, 5.41) is 21.9. The Labute approximate surface area is 152 Å². The van der Waals surface area contributed by atoms with Gasteiger partial charge in [0.25, 0.3) is 11.6 Å². The van der Waals surface area contributed by atoms with Crippen LogP contribution in [0.5, 0.6) is 0 Å². The molecule has 2 N–H and O–H groups in total. The van der Waals surface area contributed by atoms with Gasteiger partial charge < -0.3 is 10.4 Å². The van der Waals surface area contributed by atoms with Crippen molar-refractivity contribution in [2.24, 2.45) is 0 Å². The van der Waals surface area contributed by atoms with E-state index in [0.29, 0.717) is 11.3 Å². The number of carbonyl (C=O) groups is 3. The Balaban J connectivity index is 2.08. The standard InChI is InChI=1S/C17H13ClN2O6/c18-13-6-3-11(9-14(13)20(25)26)17(24)19-12-4-1-10(2-5-12)15(21)7-8-16(22)23/h1-6,9H,7-8H2,(H,19,24)(H,22,23). The molecular formula is C17H13ClN2O6. The number of carboxylic acids is 1. The smallest absolute Gasteiger partial charge is 0.303 e. The first kappa shape index (κ1) is 19.1. The Morgan fingerprint density at radius 3 is 2.23 bits per heavy atom. The van der Waals surface area contributed by atoms with Crippen LogP contribution in [0.15, 0.2) is 42.5 Å². The van der Waals surface area contributed by atoms with Gasteiger partial charge in [0.2, 0.25) is 0 Å². The lowest BCUT2D eigenvalue weighted by Crippen LogP contribution is -2.12. The molecule has 0 atom stereocenters. The third-order valence-corrected chi connectivity index (χ3v) is 3.76. The average Bonchev–Trinajstić information content (AvgIpc) is 2.60. The summed E-state index contributed by atoms with van der Waals surface area (Å²) in [6.45, 7) is 0. The van der Waals surface area contributed by atoms with E-state index in [0.717, 1.165) is 6.07 Å². The Hall–Kier alpha value is -3.26. The fourth-order valence-electron chi connectivity index (χ4n) is 2.10. The van der Waals surface area contributed by atoms with Crippen molar-refractivity contribution >= 4 is 40.6 Å². The van der Waals surface area contributed by atoms with Gasteiger partial charge in [-0.3, -0.25) is 24.5 Å². The largest absolute Gasteiger partial charge is 0.481 e. The van der Waals surface area contributed by atoms with Crippen molar-refractivity contribution < 1.29 is 24.4 Å². The molecule has 9 heteroatoms. The third kappa shape index (κ3) is 4.87. The van der Waals surface area contributed by atoms with Gasteiger partial charge >= 0.3 is 5.97 Å². The highest BCUT2D eigenvalue weighted by Crippen LogP contribution is 2.25. The third-order valence-electron chi connectivity index (χ3n) is 3.44. The van der Waals surface area contributed by atoms with Gasteiger partial charge in [0, 0.05) is 29.3 Å². The van der Waals surface area contributed by atoms with Crippen molar-refractivity contribution in [1.29, 1.82) is 0 Å². The first-order valence-electron chi connectivity index (χ1n) is 7.38. The second kappa shape index (κ2) is 8.21. The number of anilines is 1. The fourth-order valence-corrected chi connectivity index (χ4v) is 2.29. The number of halogens is 1. The number of amides is 1. The zero-order chi connectivity index (χ0) is 19.3. The van der Waals surface area contributed by atoms with E-state index >= 15 is 0 Å². The molecule has 0 unspecified atom stereocenters. The molecular weight excluding hydrogens is 364 g/mol. The summed E-state index contributed by atoms with van der Waals surface area (Å²) in [7, 11) is 0. The number of carboxylic acid groups (broad SMARTS) is 1. The summed E-state index contributed by atoms with van der Waals surface area (Å²) >= 11 is 5.71. The Kier molecular flexibility index (Phi) is 6.03. The number of carbonyl (C=O) groups excluding carboxylic acids is 2. The van der Waals surface area contributed by atoms with E-state index in [2.05, 4.69) is 5.32 Å². The number of Topliss-reactive ketones (excluding diaryl/α,β-unsaturated/α-hetero) is 1. The van der Waals surface area contributed by atoms with Crippen molar-refractivity contribution in [1.82, 2.24) is 0 Å². The highest BCUT2D eigenvalue weighted by Gasteiger charge is 2.16. The van der Waals surface area contributed by atoms with E-state index in [9.17, 15) is 24.5 Å². The van der Waals surface area contributed by atoms with Gasteiger partial charge in [-0.25, -0.2) is 0 Å². The molecule has 0 aliphatic heterocycles. The van der Waals surface area contributed by atoms with Crippen LogP contribution in [0.3, 0.4) is 0 Å². The highest BCUT2D eigenvalue weighted by atomic mass is 35.5. The van der Waals surface area contributed by atoms with Crippen LogP contribution < -0.4 is 5.32 Å². The average molecular weight is 377 g/mol. The molecule has 0 saturated carbocycles. The Morgan fingerprint density at radius 2 is 1.65 bits per heavy atom. The molecule has 0 aliphatic rings. The van der Waals surface area contributed by atoms with Crippen molar-refractivity contribution in [2.75, 3.05) is 5.32 Å². The summed E-state index contributed by atoms with van der Waals surface area (Å²) in [4.78, 5) is 44.7. The maximum absolute atomic E-state index is 12.2. The summed E-state index contributed by atoms with van der Waals surface area (Å²) in [5.74, 6) is -1.95. The molecule has 0 spiro atoms. The zero-order valence-corrected chi connectivity index (χ0v) is 14.0. The second-order valence-corrected chi connectivity index (χ2v) is 5.68. The van der Waals surface area contributed by atoms with Crippen LogP contribution in [0.2, 0.25) is 5.02 Å². The number of hydrogen-bond donors (Lipinski definition) is 2. The van der Waals surface area contributed by atoms with Crippen LogP contribution in [0.25, 0.3) is 0 Å². The zero-order valence-electron chi connectivity index (χ0n) is 13.3. The van der Waals surface area contributed by atoms with Crippen molar-refractivity contribution in [3.8, 4) is 0 Å². The monoisotopic (exact) mass is 376 g/mol. The van der Waals surface area contributed by atoms with Crippen molar-refractivity contribution in [3.63, 3.8) is 0 Å². The molecule has 0 radical (unpaired) electrons. The predicted molar refractivity (Wildman–Crippen MR) is 93.7 cm³/mol. The van der Waals surface area contributed by atoms with E-state index < -0.39 is 16.8 Å². The molecule has 2 aromatic carbocycles. The molecule has 26 heavy (non-hydrogen) atoms. The summed E-state index contributed by atoms with van der Waals surface area (Å²) in [6, 6.07) is 9.58. The van der Waals surface area contributed by atoms with Crippen LogP contribution in [0.1, 0.15) is 33.6 Å². The number of ketones is 1. The number of nitrogens with one attached hydrogen (secondary N) is 1. The maximum atomic E-state index is 12.2. The molecule has 1 amide bonds. The lowest BCUT2D eigenvalue weighted by molar-refractivity contribution is -0.384. The summed E-state index contributed by atoms with van der Waals surface area (Å²) < 4.78 is 0. The predicted octanol–water partition coefficient (Wildman–Crippen LogP) is 3.55. The van der Waals surface area contributed by atoms with Gasteiger partial charge in [-0.05, 0) is 36.4 Å². The van der Waals surface area contributed by atoms with E-state index in [1.165, 1.54) is 36.4 Å². The van der Waals surface area contributed by atoms with Gasteiger partial charge in [0.05, 0.1) is 11.3 Å². The van der Waals surface area contributed by atoms with Crippen LogP contribution in [-0.4, -0.2) is 27.7 Å². The normalized spacial score (nSPS) is 10.2. The number of nitro benzene ring substituents is 1. The maximum Gasteiger partial charge on any atom is 0.303 e. The Morgan fingerprint density at radius 1 is 1.04 bits per heavy atom. The van der Waals surface area contributed by atoms with E-state index in [4.69, 9.17) is 16.7 Å². The second-order valence-electron chi connectivity index (χ2n) is 5.27. The van der Waals surface area contributed by atoms with Gasteiger partial charge in [-0.2, -0.15) is 0 Å². The lowest BCUT2D eigenvalue weighted by Gasteiger charge is -2.07. The lowest BCUT2D eigenvalue weighted by atomic mass is 10.1.